The number of aromatic amines is 1. The SMILES string of the molecule is CCc1nccc(-c2ccc3c(c2)cc(C(=O)N2CCc4nn(-c5cc(C)c(F)c(C)c5)c(-n5ccn(-c6ccc7c(cnn7C)c6)c5=O)c4[C@@H]2C)n3[C@@]2(c3noc(=O)[nH]3)C[C@@H]2C)c1C.CCc1nccc(-c2ccc3c(c2)cc(C(=O)O)n3[C@@]2(C(=N)NC(=O)O)C[C@@H]2C)c1C.CNc1ccc(-n2ccn(-c3c4c(nn3-c3cc(C)c(F)c(C)c3)CCNC4C)c2=O)cc1C=N. The minimum atomic E-state index is -1.33. The average Bonchev–Trinajstić information content (AvgIpc) is 1.79. The van der Waals surface area contributed by atoms with Crippen molar-refractivity contribution in [3.05, 3.63) is 298 Å². The van der Waals surface area contributed by atoms with E-state index in [4.69, 9.17) is 30.6 Å². The van der Waals surface area contributed by atoms with Crippen molar-refractivity contribution in [3.8, 4) is 56.6 Å². The maximum atomic E-state index is 15.6. The van der Waals surface area contributed by atoms with E-state index in [1.807, 2.05) is 116 Å². The van der Waals surface area contributed by atoms with Gasteiger partial charge in [-0.2, -0.15) is 15.3 Å². The van der Waals surface area contributed by atoms with Crippen molar-refractivity contribution in [2.24, 2.45) is 18.9 Å². The molecule has 31 nitrogen and oxygen atoms in total. The number of pyridine rings is 2. The number of aryl methyl sites for hydroxylation is 7. The van der Waals surface area contributed by atoms with E-state index in [1.54, 1.807) is 145 Å². The van der Waals surface area contributed by atoms with Crippen LogP contribution < -0.4 is 33.1 Å². The monoisotopic (exact) mass is 1760 g/mol. The number of fused-ring (bicyclic) bond motifs is 5. The molecule has 20 rings (SSSR count). The minimum absolute atomic E-state index is 0.000165. The summed E-state index contributed by atoms with van der Waals surface area (Å²) in [6.45, 7) is 24.2. The first kappa shape index (κ1) is 86.5. The Hall–Kier alpha value is -15.3. The summed E-state index contributed by atoms with van der Waals surface area (Å²) in [5.41, 5.74) is 18.0. The highest BCUT2D eigenvalue weighted by Crippen LogP contribution is 2.57. The van der Waals surface area contributed by atoms with Gasteiger partial charge < -0.3 is 40.3 Å². The number of hydrogen-bond donors (Lipinski definition) is 8. The Labute approximate surface area is 749 Å². The molecule has 4 aliphatic rings. The molecule has 8 N–H and O–H groups in total. The molecule has 2 fully saturated rings. The molecular weight excluding hydrogens is 1670 g/mol. The molecule has 10 aromatic heterocycles. The molecule has 2 saturated carbocycles. The molecule has 0 bridgehead atoms. The molecule has 6 aromatic carbocycles. The Kier molecular flexibility index (Phi) is 21.8. The molecule has 0 spiro atoms. The number of hydrogen-bond acceptors (Lipinski definition) is 17. The first-order valence-corrected chi connectivity index (χ1v) is 43.6. The van der Waals surface area contributed by atoms with Gasteiger partial charge in [0.1, 0.15) is 51.6 Å². The third-order valence-corrected chi connectivity index (χ3v) is 26.8. The summed E-state index contributed by atoms with van der Waals surface area (Å²) in [5.74, 6) is -1.39. The van der Waals surface area contributed by atoms with Gasteiger partial charge in [-0.3, -0.25) is 57.9 Å². The maximum Gasteiger partial charge on any atom is 0.438 e. The number of amidine groups is 1. The zero-order valence-electron chi connectivity index (χ0n) is 74.8. The Morgan fingerprint density at radius 1 is 0.618 bits per heavy atom. The average molecular weight is 1770 g/mol. The highest BCUT2D eigenvalue weighted by Gasteiger charge is 2.60. The first-order chi connectivity index (χ1) is 62.8. The van der Waals surface area contributed by atoms with Crippen LogP contribution in [0.15, 0.2) is 184 Å². The lowest BCUT2D eigenvalue weighted by atomic mass is 9.98. The molecule has 2 aliphatic heterocycles. The Balaban J connectivity index is 0.000000147. The molecule has 131 heavy (non-hydrogen) atoms. The third kappa shape index (κ3) is 14.4. The first-order valence-electron chi connectivity index (χ1n) is 43.6. The van der Waals surface area contributed by atoms with Crippen molar-refractivity contribution in [1.29, 1.82) is 10.8 Å². The fourth-order valence-electron chi connectivity index (χ4n) is 19.8. The van der Waals surface area contributed by atoms with Gasteiger partial charge in [0.15, 0.2) is 5.82 Å². The van der Waals surface area contributed by atoms with Crippen molar-refractivity contribution in [2.75, 3.05) is 25.5 Å². The van der Waals surface area contributed by atoms with Gasteiger partial charge in [0.05, 0.1) is 51.9 Å². The number of imidazole rings is 2. The molecule has 1 unspecified atom stereocenters. The van der Waals surface area contributed by atoms with Crippen LogP contribution in [0.5, 0.6) is 0 Å². The Bertz CT molecular complexity index is 7580. The summed E-state index contributed by atoms with van der Waals surface area (Å²) < 4.78 is 49.7. The lowest BCUT2D eigenvalue weighted by molar-refractivity contribution is 0.0660. The Morgan fingerprint density at radius 2 is 1.14 bits per heavy atom. The van der Waals surface area contributed by atoms with Crippen LogP contribution in [-0.4, -0.2) is 142 Å². The third-order valence-electron chi connectivity index (χ3n) is 26.8. The van der Waals surface area contributed by atoms with E-state index in [-0.39, 0.29) is 58.3 Å². The lowest BCUT2D eigenvalue weighted by Crippen LogP contribution is -2.42. The molecule has 33 heteroatoms. The predicted molar refractivity (Wildman–Crippen MR) is 495 cm³/mol. The molecule has 2 aliphatic carbocycles. The summed E-state index contributed by atoms with van der Waals surface area (Å²) in [7, 11) is 3.66. The standard InChI is InChI=1S/C49H46FN11O4.C26H28FN7O.C23H24N4O4/c1-8-37-29(5)36(13-15-51-37)31-9-11-40-32(21-31)23-41(60(40)49(24-28(49)4)46-53-47(63)65-55-46)45(62)57-16-14-38-42(30(57)6)44(61(54-38)35-19-26(2)43(50)27(3)20-35)59-18-17-58(48(59)64)34-10-12-39-33(22-34)25-52-56(39)7;1-15-11-20(12-16(2)24(15)27)34-25(23-17(3)30-8-7-22(23)31-34)33-10-9-32(26(33)35)19-5-6-21(29-4)18(13-19)14-28;1-4-17-13(3)16(7-8-25-17)14-5-6-18-15(9-14)10-19(20(28)29)27(18)23(11-12(23)2)21(24)26-22(30)31/h9-13,15,17-23,25,28,30H,8,14,16,24H2,1-7H3,(H,53,55,63);5-6,9-14,17,28-30H,7-8H2,1-4H3;5-10,12H,4,11H2,1-3H3,(H2,24,26)(H,28,29)(H,30,31)/t28-,30-,49-;;12-,23-/m0.0/s1. The minimum Gasteiger partial charge on any atom is -0.477 e. The van der Waals surface area contributed by atoms with Crippen LogP contribution in [0.25, 0.3) is 89.3 Å². The highest BCUT2D eigenvalue weighted by molar-refractivity contribution is 6.05. The summed E-state index contributed by atoms with van der Waals surface area (Å²) in [6.07, 6.45) is 16.0. The van der Waals surface area contributed by atoms with Gasteiger partial charge >= 0.3 is 29.2 Å². The van der Waals surface area contributed by atoms with E-state index in [9.17, 15) is 33.5 Å². The molecule has 0 saturated heterocycles. The second kappa shape index (κ2) is 33.1. The molecular formula is C98H98F2N22O9. The molecule has 16 aromatic rings. The number of carbonyl (C=O) groups is 3. The van der Waals surface area contributed by atoms with Crippen LogP contribution in [0.4, 0.5) is 19.3 Å². The zero-order chi connectivity index (χ0) is 92.6. The van der Waals surface area contributed by atoms with Crippen LogP contribution in [0.2, 0.25) is 0 Å². The normalized spacial score (nSPS) is 17.8. The van der Waals surface area contributed by atoms with E-state index in [0.29, 0.717) is 111 Å². The fraction of sp³-hybridized carbons (Fsp3) is 0.286. The molecule has 12 heterocycles. The summed E-state index contributed by atoms with van der Waals surface area (Å²) in [6, 6.07) is 37.0. The van der Waals surface area contributed by atoms with E-state index >= 15 is 9.18 Å². The summed E-state index contributed by atoms with van der Waals surface area (Å²) in [5, 5.41) is 64.7. The molecule has 668 valence electrons. The number of nitrogens with zero attached hydrogens (tertiary/aromatic N) is 16. The number of carboxylic acids is 1. The summed E-state index contributed by atoms with van der Waals surface area (Å²) in [4.78, 5) is 93.3. The quantitative estimate of drug-likeness (QED) is 0.0292. The van der Waals surface area contributed by atoms with Gasteiger partial charge in [-0.25, -0.2) is 42.1 Å². The number of rotatable bonds is 18. The van der Waals surface area contributed by atoms with Crippen LogP contribution >= 0.6 is 0 Å². The van der Waals surface area contributed by atoms with Crippen molar-refractivity contribution < 1.29 is 37.9 Å². The number of anilines is 1. The van der Waals surface area contributed by atoms with Gasteiger partial charge in [0.25, 0.3) is 5.91 Å². The Morgan fingerprint density at radius 3 is 1.65 bits per heavy atom. The van der Waals surface area contributed by atoms with E-state index in [2.05, 4.69) is 87.9 Å². The van der Waals surface area contributed by atoms with Crippen molar-refractivity contribution in [3.63, 3.8) is 0 Å². The number of halogens is 2. The number of carbonyl (C=O) groups excluding carboxylic acids is 1. The van der Waals surface area contributed by atoms with E-state index in [0.717, 1.165) is 120 Å². The second-order valence-corrected chi connectivity index (χ2v) is 34.6. The topological polar surface area (TPSA) is 381 Å². The largest absolute Gasteiger partial charge is 0.477 e. The maximum absolute atomic E-state index is 15.6. The number of aromatic carboxylic acids is 1. The van der Waals surface area contributed by atoms with Crippen LogP contribution in [-0.2, 0) is 43.8 Å². The zero-order valence-corrected chi connectivity index (χ0v) is 74.8. The van der Waals surface area contributed by atoms with E-state index in [1.165, 1.54) is 6.21 Å². The van der Waals surface area contributed by atoms with Crippen molar-refractivity contribution >= 4 is 68.4 Å². The molecule has 0 radical (unpaired) electrons. The number of aromatic nitrogens is 16. The van der Waals surface area contributed by atoms with Gasteiger partial charge in [0.2, 0.25) is 0 Å². The smallest absolute Gasteiger partial charge is 0.438 e. The fourth-order valence-corrected chi connectivity index (χ4v) is 19.8. The lowest BCUT2D eigenvalue weighted by Gasteiger charge is -2.34. The van der Waals surface area contributed by atoms with Crippen molar-refractivity contribution in [1.82, 2.24) is 92.4 Å². The van der Waals surface area contributed by atoms with Gasteiger partial charge in [-0.05, 0) is 258 Å². The number of nitrogens with one attached hydrogen (secondary N) is 6. The summed E-state index contributed by atoms with van der Waals surface area (Å²) >= 11 is 0. The van der Waals surface area contributed by atoms with Crippen LogP contribution in [0.1, 0.15) is 166 Å². The van der Waals surface area contributed by atoms with E-state index < -0.39 is 34.9 Å². The number of carboxylic acid groups (broad SMARTS) is 2. The number of benzene rings is 6. The number of amides is 2. The molecule has 2 amide bonds. The van der Waals surface area contributed by atoms with Crippen LogP contribution in [0, 0.1) is 75.8 Å². The molecule has 6 atom stereocenters. The predicted octanol–water partition coefficient (Wildman–Crippen LogP) is 15.6. The second-order valence-electron chi connectivity index (χ2n) is 34.6. The van der Waals surface area contributed by atoms with Gasteiger partial charge in [-0.15, -0.1) is 0 Å². The van der Waals surface area contributed by atoms with Crippen molar-refractivity contribution in [2.45, 2.75) is 145 Å². The number of H-pyrrole nitrogens is 1. The highest BCUT2D eigenvalue weighted by atomic mass is 19.1. The van der Waals surface area contributed by atoms with Gasteiger partial charge in [-0.1, -0.05) is 45.0 Å². The van der Waals surface area contributed by atoms with Gasteiger partial charge in [0, 0.05) is 150 Å². The van der Waals surface area contributed by atoms with Crippen LogP contribution in [0.3, 0.4) is 0 Å².